The molecule has 0 aliphatic rings. The molecule has 2 aromatic carbocycles. The Balaban J connectivity index is 1.89. The molecule has 3 aromatic rings. The average Bonchev–Trinajstić information content (AvgIpc) is 3.30. The number of benzene rings is 2. The van der Waals surface area contributed by atoms with Gasteiger partial charge in [0.05, 0.1) is 18.0 Å². The molecule has 0 saturated carbocycles. The number of carbonyl (C=O) groups is 2. The van der Waals surface area contributed by atoms with Crippen molar-refractivity contribution in [3.63, 3.8) is 0 Å². The Morgan fingerprint density at radius 3 is 2.15 bits per heavy atom. The first-order valence-corrected chi connectivity index (χ1v) is 14.0. The standard InChI is InChI=1S/C32H45N5O3/c1-21(2)24-14-12-15-25(22(3)4)30(24)34-31(39)36(17-18-40-9)20-29(38)33-28-19-27(32(6,7)8)35-37(28)26-16-11-10-13-23(26)5/h10-16,19,21-22H,17-18,20H2,1-9H3,(H,33,38)(H,34,39). The van der Waals surface area contributed by atoms with Crippen molar-refractivity contribution in [2.75, 3.05) is 37.4 Å². The second-order valence-corrected chi connectivity index (χ2v) is 11.9. The zero-order valence-corrected chi connectivity index (χ0v) is 25.5. The van der Waals surface area contributed by atoms with Crippen molar-refractivity contribution in [3.8, 4) is 5.69 Å². The Hall–Kier alpha value is -3.65. The predicted molar refractivity (Wildman–Crippen MR) is 163 cm³/mol. The number of nitrogens with zero attached hydrogens (tertiary/aromatic N) is 3. The molecule has 40 heavy (non-hydrogen) atoms. The maximum absolute atomic E-state index is 13.6. The first kappa shape index (κ1) is 30.9. The molecular formula is C32H45N5O3. The number of methoxy groups -OCH3 is 1. The second-order valence-electron chi connectivity index (χ2n) is 11.9. The van der Waals surface area contributed by atoms with Crippen LogP contribution in [0.1, 0.15) is 82.7 Å². The van der Waals surface area contributed by atoms with Gasteiger partial charge in [-0.2, -0.15) is 5.10 Å². The summed E-state index contributed by atoms with van der Waals surface area (Å²) in [5.74, 6) is 0.693. The molecule has 0 spiro atoms. The van der Waals surface area contributed by atoms with E-state index >= 15 is 0 Å². The van der Waals surface area contributed by atoms with E-state index in [1.54, 1.807) is 11.8 Å². The van der Waals surface area contributed by atoms with Crippen LogP contribution >= 0.6 is 0 Å². The Labute approximate surface area is 239 Å². The Kier molecular flexibility index (Phi) is 10.1. The van der Waals surface area contributed by atoms with Gasteiger partial charge in [0.15, 0.2) is 0 Å². The lowest BCUT2D eigenvalue weighted by Gasteiger charge is -2.26. The first-order chi connectivity index (χ1) is 18.8. The van der Waals surface area contributed by atoms with Gasteiger partial charge in [0.1, 0.15) is 12.4 Å². The summed E-state index contributed by atoms with van der Waals surface area (Å²) in [5.41, 5.74) is 5.50. The molecule has 1 heterocycles. The predicted octanol–water partition coefficient (Wildman–Crippen LogP) is 6.84. The molecule has 0 saturated heterocycles. The van der Waals surface area contributed by atoms with Crippen LogP contribution in [0, 0.1) is 6.92 Å². The highest BCUT2D eigenvalue weighted by Gasteiger charge is 2.25. The number of para-hydroxylation sites is 2. The largest absolute Gasteiger partial charge is 0.383 e. The third kappa shape index (κ3) is 7.50. The number of anilines is 2. The molecule has 0 atom stereocenters. The molecule has 2 N–H and O–H groups in total. The second kappa shape index (κ2) is 13.1. The maximum Gasteiger partial charge on any atom is 0.322 e. The highest BCUT2D eigenvalue weighted by Crippen LogP contribution is 2.33. The monoisotopic (exact) mass is 547 g/mol. The van der Waals surface area contributed by atoms with Crippen molar-refractivity contribution in [1.82, 2.24) is 14.7 Å². The van der Waals surface area contributed by atoms with Crippen LogP contribution in [0.4, 0.5) is 16.3 Å². The summed E-state index contributed by atoms with van der Waals surface area (Å²) in [4.78, 5) is 28.5. The molecule has 8 nitrogen and oxygen atoms in total. The molecule has 0 aliphatic heterocycles. The first-order valence-electron chi connectivity index (χ1n) is 14.0. The lowest BCUT2D eigenvalue weighted by Crippen LogP contribution is -2.42. The number of urea groups is 1. The molecule has 0 bridgehead atoms. The van der Waals surface area contributed by atoms with Gasteiger partial charge in [0.2, 0.25) is 5.91 Å². The van der Waals surface area contributed by atoms with Crippen LogP contribution in [0.15, 0.2) is 48.5 Å². The van der Waals surface area contributed by atoms with Crippen molar-refractivity contribution in [2.45, 2.75) is 72.6 Å². The van der Waals surface area contributed by atoms with Gasteiger partial charge in [-0.3, -0.25) is 4.79 Å². The van der Waals surface area contributed by atoms with E-state index in [9.17, 15) is 9.59 Å². The minimum atomic E-state index is -0.343. The molecule has 216 valence electrons. The van der Waals surface area contributed by atoms with Crippen LogP contribution in [0.2, 0.25) is 0 Å². The van der Waals surface area contributed by atoms with Gasteiger partial charge in [-0.25, -0.2) is 9.48 Å². The summed E-state index contributed by atoms with van der Waals surface area (Å²) in [6.07, 6.45) is 0. The highest BCUT2D eigenvalue weighted by molar-refractivity contribution is 5.97. The Bertz CT molecular complexity index is 1290. The van der Waals surface area contributed by atoms with Crippen molar-refractivity contribution in [3.05, 3.63) is 70.9 Å². The summed E-state index contributed by atoms with van der Waals surface area (Å²) in [7, 11) is 1.58. The summed E-state index contributed by atoms with van der Waals surface area (Å²) in [6.45, 7) is 17.1. The number of carbonyl (C=O) groups excluding carboxylic acids is 2. The normalized spacial score (nSPS) is 11.7. The molecule has 3 rings (SSSR count). The Morgan fingerprint density at radius 2 is 1.60 bits per heavy atom. The number of hydrogen-bond donors (Lipinski definition) is 2. The van der Waals surface area contributed by atoms with Crippen molar-refractivity contribution in [2.24, 2.45) is 0 Å². The number of aryl methyl sites for hydroxylation is 1. The SMILES string of the molecule is COCCN(CC(=O)Nc1cc(C(C)(C)C)nn1-c1ccccc1C)C(=O)Nc1c(C(C)C)cccc1C(C)C. The summed E-state index contributed by atoms with van der Waals surface area (Å²) in [6, 6.07) is 15.6. The van der Waals surface area contributed by atoms with E-state index in [0.29, 0.717) is 12.4 Å². The van der Waals surface area contributed by atoms with E-state index in [1.807, 2.05) is 55.5 Å². The fraction of sp³-hybridized carbons (Fsp3) is 0.469. The van der Waals surface area contributed by atoms with E-state index in [-0.39, 0.29) is 42.3 Å². The van der Waals surface area contributed by atoms with Gasteiger partial charge in [0.25, 0.3) is 0 Å². The quantitative estimate of drug-likeness (QED) is 0.291. The van der Waals surface area contributed by atoms with E-state index in [0.717, 1.165) is 33.8 Å². The van der Waals surface area contributed by atoms with Crippen LogP contribution in [0.25, 0.3) is 5.69 Å². The van der Waals surface area contributed by atoms with E-state index in [1.165, 1.54) is 4.90 Å². The van der Waals surface area contributed by atoms with Gasteiger partial charge in [-0.1, -0.05) is 84.9 Å². The number of amides is 3. The number of ether oxygens (including phenoxy) is 1. The Morgan fingerprint density at radius 1 is 0.975 bits per heavy atom. The lowest BCUT2D eigenvalue weighted by molar-refractivity contribution is -0.116. The number of nitrogens with one attached hydrogen (secondary N) is 2. The van der Waals surface area contributed by atoms with Crippen LogP contribution in [-0.2, 0) is 14.9 Å². The fourth-order valence-corrected chi connectivity index (χ4v) is 4.51. The number of rotatable bonds is 10. The zero-order valence-electron chi connectivity index (χ0n) is 25.5. The minimum Gasteiger partial charge on any atom is -0.383 e. The van der Waals surface area contributed by atoms with Crippen molar-refractivity contribution in [1.29, 1.82) is 0 Å². The molecule has 0 fully saturated rings. The molecule has 0 radical (unpaired) electrons. The third-order valence-electron chi connectivity index (χ3n) is 6.88. The van der Waals surface area contributed by atoms with Gasteiger partial charge >= 0.3 is 6.03 Å². The lowest BCUT2D eigenvalue weighted by atomic mass is 9.92. The van der Waals surface area contributed by atoms with Crippen molar-refractivity contribution >= 4 is 23.4 Å². The molecular weight excluding hydrogens is 502 g/mol. The highest BCUT2D eigenvalue weighted by atomic mass is 16.5. The van der Waals surface area contributed by atoms with Crippen LogP contribution in [0.3, 0.4) is 0 Å². The van der Waals surface area contributed by atoms with Crippen LogP contribution in [0.5, 0.6) is 0 Å². The molecule has 1 aromatic heterocycles. The van der Waals surface area contributed by atoms with Gasteiger partial charge in [0, 0.05) is 30.8 Å². The number of aromatic nitrogens is 2. The van der Waals surface area contributed by atoms with Crippen LogP contribution in [-0.4, -0.2) is 53.4 Å². The van der Waals surface area contributed by atoms with Gasteiger partial charge in [-0.05, 0) is 41.5 Å². The van der Waals surface area contributed by atoms with Gasteiger partial charge in [-0.15, -0.1) is 0 Å². The van der Waals surface area contributed by atoms with Crippen molar-refractivity contribution < 1.29 is 14.3 Å². The molecule has 0 unspecified atom stereocenters. The zero-order chi connectivity index (χ0) is 29.6. The van der Waals surface area contributed by atoms with E-state index in [2.05, 4.69) is 59.1 Å². The molecule has 3 amide bonds. The average molecular weight is 548 g/mol. The number of hydrogen-bond acceptors (Lipinski definition) is 4. The third-order valence-corrected chi connectivity index (χ3v) is 6.88. The minimum absolute atomic E-state index is 0.139. The van der Waals surface area contributed by atoms with E-state index in [4.69, 9.17) is 9.84 Å². The maximum atomic E-state index is 13.6. The molecule has 0 aliphatic carbocycles. The fourth-order valence-electron chi connectivity index (χ4n) is 4.51. The van der Waals surface area contributed by atoms with Gasteiger partial charge < -0.3 is 20.3 Å². The van der Waals surface area contributed by atoms with E-state index < -0.39 is 0 Å². The smallest absolute Gasteiger partial charge is 0.322 e. The van der Waals surface area contributed by atoms with Crippen LogP contribution < -0.4 is 10.6 Å². The summed E-state index contributed by atoms with van der Waals surface area (Å²) >= 11 is 0. The topological polar surface area (TPSA) is 88.5 Å². The summed E-state index contributed by atoms with van der Waals surface area (Å²) in [5, 5.41) is 11.0. The molecule has 8 heteroatoms. The summed E-state index contributed by atoms with van der Waals surface area (Å²) < 4.78 is 7.02.